The molecule has 0 spiro atoms. The third-order valence-electron chi connectivity index (χ3n) is 2.20. The zero-order valence-electron chi connectivity index (χ0n) is 8.73. The maximum absolute atomic E-state index is 8.91. The molecule has 1 aromatic heterocycles. The molecule has 0 amide bonds. The van der Waals surface area contributed by atoms with Crippen LogP contribution in [0.2, 0.25) is 0 Å². The Labute approximate surface area is 83.7 Å². The summed E-state index contributed by atoms with van der Waals surface area (Å²) in [7, 11) is 1.70. The molecule has 0 aliphatic rings. The second-order valence-corrected chi connectivity index (χ2v) is 3.20. The van der Waals surface area contributed by atoms with Crippen LogP contribution in [-0.2, 0) is 17.9 Å². The summed E-state index contributed by atoms with van der Waals surface area (Å²) in [5, 5.41) is 16.7. The van der Waals surface area contributed by atoms with Gasteiger partial charge in [-0.15, -0.1) is 5.10 Å². The fourth-order valence-corrected chi connectivity index (χ4v) is 1.26. The Morgan fingerprint density at radius 2 is 2.21 bits per heavy atom. The molecule has 0 aromatic carbocycles. The number of ether oxygens (including phenoxy) is 1. The minimum atomic E-state index is -0.0378. The normalized spacial score (nSPS) is 10.8. The van der Waals surface area contributed by atoms with E-state index in [2.05, 4.69) is 10.3 Å². The van der Waals surface area contributed by atoms with Crippen LogP contribution in [0.15, 0.2) is 0 Å². The smallest absolute Gasteiger partial charge is 0.111 e. The summed E-state index contributed by atoms with van der Waals surface area (Å²) in [6.45, 7) is 3.49. The van der Waals surface area contributed by atoms with E-state index in [1.165, 1.54) is 0 Å². The van der Waals surface area contributed by atoms with E-state index in [1.807, 2.05) is 11.6 Å². The number of aryl methyl sites for hydroxylation is 1. The van der Waals surface area contributed by atoms with Gasteiger partial charge in [0.25, 0.3) is 0 Å². The first kappa shape index (κ1) is 11.1. The average Bonchev–Trinajstić information content (AvgIpc) is 2.55. The first-order valence-corrected chi connectivity index (χ1v) is 4.78. The van der Waals surface area contributed by atoms with Crippen LogP contribution in [0.1, 0.15) is 24.2 Å². The summed E-state index contributed by atoms with van der Waals surface area (Å²) in [5.74, 6) is 0. The highest BCUT2D eigenvalue weighted by atomic mass is 16.5. The van der Waals surface area contributed by atoms with E-state index in [0.29, 0.717) is 5.69 Å². The van der Waals surface area contributed by atoms with Gasteiger partial charge in [0.1, 0.15) is 5.69 Å². The van der Waals surface area contributed by atoms with Gasteiger partial charge in [-0.1, -0.05) is 5.21 Å². The minimum absolute atomic E-state index is 0.0378. The lowest BCUT2D eigenvalue weighted by Gasteiger charge is -2.02. The Balaban J connectivity index is 2.39. The van der Waals surface area contributed by atoms with Gasteiger partial charge in [-0.2, -0.15) is 0 Å². The lowest BCUT2D eigenvalue weighted by Crippen LogP contribution is -2.04. The van der Waals surface area contributed by atoms with Crippen molar-refractivity contribution < 1.29 is 9.84 Å². The van der Waals surface area contributed by atoms with Gasteiger partial charge in [-0.25, -0.2) is 4.68 Å². The maximum atomic E-state index is 8.91. The summed E-state index contributed by atoms with van der Waals surface area (Å²) >= 11 is 0. The molecule has 14 heavy (non-hydrogen) atoms. The van der Waals surface area contributed by atoms with Crippen molar-refractivity contribution in [2.75, 3.05) is 13.7 Å². The van der Waals surface area contributed by atoms with E-state index in [0.717, 1.165) is 31.7 Å². The molecule has 0 radical (unpaired) electrons. The van der Waals surface area contributed by atoms with Gasteiger partial charge in [-0.3, -0.25) is 0 Å². The first-order valence-electron chi connectivity index (χ1n) is 4.78. The van der Waals surface area contributed by atoms with Crippen LogP contribution in [0.3, 0.4) is 0 Å². The number of aliphatic hydroxyl groups is 1. The summed E-state index contributed by atoms with van der Waals surface area (Å²) < 4.78 is 6.77. The number of aromatic nitrogens is 3. The first-order chi connectivity index (χ1) is 6.79. The minimum Gasteiger partial charge on any atom is -0.390 e. The molecule has 0 aliphatic carbocycles. The molecular weight excluding hydrogens is 182 g/mol. The standard InChI is InChI=1S/C9H17N3O2/c1-8-9(7-13)10-11-12(8)5-3-4-6-14-2/h13H,3-7H2,1-2H3. The number of hydrogen-bond acceptors (Lipinski definition) is 4. The van der Waals surface area contributed by atoms with Crippen molar-refractivity contribution in [2.24, 2.45) is 0 Å². The summed E-state index contributed by atoms with van der Waals surface area (Å²) in [4.78, 5) is 0. The Kier molecular flexibility index (Phi) is 4.55. The van der Waals surface area contributed by atoms with Crippen molar-refractivity contribution in [3.05, 3.63) is 11.4 Å². The van der Waals surface area contributed by atoms with Crippen LogP contribution in [0.25, 0.3) is 0 Å². The lowest BCUT2D eigenvalue weighted by atomic mass is 10.3. The molecule has 0 saturated heterocycles. The molecule has 5 nitrogen and oxygen atoms in total. The van der Waals surface area contributed by atoms with Crippen molar-refractivity contribution in [3.8, 4) is 0 Å². The molecule has 1 N–H and O–H groups in total. The van der Waals surface area contributed by atoms with Crippen LogP contribution in [0.5, 0.6) is 0 Å². The predicted octanol–water partition coefficient (Wildman–Crippen LogP) is 0.505. The summed E-state index contributed by atoms with van der Waals surface area (Å²) in [5.41, 5.74) is 1.61. The highest BCUT2D eigenvalue weighted by Gasteiger charge is 2.05. The van der Waals surface area contributed by atoms with Gasteiger partial charge in [-0.05, 0) is 19.8 Å². The molecule has 0 saturated carbocycles. The largest absolute Gasteiger partial charge is 0.390 e. The SMILES string of the molecule is COCCCCn1nnc(CO)c1C. The highest BCUT2D eigenvalue weighted by molar-refractivity contribution is 5.05. The van der Waals surface area contributed by atoms with Gasteiger partial charge in [0, 0.05) is 20.3 Å². The van der Waals surface area contributed by atoms with E-state index >= 15 is 0 Å². The summed E-state index contributed by atoms with van der Waals surface area (Å²) in [6, 6.07) is 0. The van der Waals surface area contributed by atoms with E-state index in [-0.39, 0.29) is 6.61 Å². The molecule has 0 unspecified atom stereocenters. The maximum Gasteiger partial charge on any atom is 0.111 e. The van der Waals surface area contributed by atoms with E-state index < -0.39 is 0 Å². The molecule has 0 atom stereocenters. The van der Waals surface area contributed by atoms with Crippen molar-refractivity contribution in [1.29, 1.82) is 0 Å². The second-order valence-electron chi connectivity index (χ2n) is 3.20. The number of unbranched alkanes of at least 4 members (excludes halogenated alkanes) is 1. The van der Waals surface area contributed by atoms with Crippen LogP contribution in [0.4, 0.5) is 0 Å². The third kappa shape index (κ3) is 2.78. The number of rotatable bonds is 6. The van der Waals surface area contributed by atoms with Crippen molar-refractivity contribution in [1.82, 2.24) is 15.0 Å². The number of methoxy groups -OCH3 is 1. The molecule has 0 fully saturated rings. The molecular formula is C9H17N3O2. The third-order valence-corrected chi connectivity index (χ3v) is 2.20. The molecule has 1 heterocycles. The van der Waals surface area contributed by atoms with Gasteiger partial charge in [0.2, 0.25) is 0 Å². The van der Waals surface area contributed by atoms with Gasteiger partial charge < -0.3 is 9.84 Å². The molecule has 5 heteroatoms. The van der Waals surface area contributed by atoms with Crippen LogP contribution in [0, 0.1) is 6.92 Å². The molecule has 0 aliphatic heterocycles. The Morgan fingerprint density at radius 1 is 1.43 bits per heavy atom. The molecule has 0 bridgehead atoms. The molecule has 1 rings (SSSR count). The van der Waals surface area contributed by atoms with E-state index in [4.69, 9.17) is 9.84 Å². The molecule has 1 aromatic rings. The number of hydrogen-bond donors (Lipinski definition) is 1. The van der Waals surface area contributed by atoms with Crippen LogP contribution in [-0.4, -0.2) is 33.8 Å². The second kappa shape index (κ2) is 5.72. The van der Waals surface area contributed by atoms with Gasteiger partial charge in [0.15, 0.2) is 0 Å². The summed E-state index contributed by atoms with van der Waals surface area (Å²) in [6.07, 6.45) is 2.03. The number of aliphatic hydroxyl groups excluding tert-OH is 1. The highest BCUT2D eigenvalue weighted by Crippen LogP contribution is 2.04. The fourth-order valence-electron chi connectivity index (χ4n) is 1.26. The van der Waals surface area contributed by atoms with Crippen molar-refractivity contribution >= 4 is 0 Å². The monoisotopic (exact) mass is 199 g/mol. The average molecular weight is 199 g/mol. The fraction of sp³-hybridized carbons (Fsp3) is 0.778. The van der Waals surface area contributed by atoms with Crippen molar-refractivity contribution in [2.45, 2.75) is 32.9 Å². The molecule has 80 valence electrons. The quantitative estimate of drug-likeness (QED) is 0.678. The topological polar surface area (TPSA) is 60.2 Å². The van der Waals surface area contributed by atoms with E-state index in [1.54, 1.807) is 7.11 Å². The Bertz CT molecular complexity index is 273. The Hall–Kier alpha value is -0.940. The van der Waals surface area contributed by atoms with E-state index in [9.17, 15) is 0 Å². The van der Waals surface area contributed by atoms with Crippen molar-refractivity contribution in [3.63, 3.8) is 0 Å². The Morgan fingerprint density at radius 3 is 2.79 bits per heavy atom. The van der Waals surface area contributed by atoms with Gasteiger partial charge >= 0.3 is 0 Å². The van der Waals surface area contributed by atoms with Gasteiger partial charge in [0.05, 0.1) is 12.3 Å². The zero-order valence-corrected chi connectivity index (χ0v) is 8.73. The van der Waals surface area contributed by atoms with Crippen LogP contribution >= 0.6 is 0 Å². The zero-order chi connectivity index (χ0) is 10.4. The predicted molar refractivity (Wildman–Crippen MR) is 51.8 cm³/mol. The number of nitrogens with zero attached hydrogens (tertiary/aromatic N) is 3. The lowest BCUT2D eigenvalue weighted by molar-refractivity contribution is 0.190. The van der Waals surface area contributed by atoms with Crippen LogP contribution < -0.4 is 0 Å².